The van der Waals surface area contributed by atoms with Gasteiger partial charge in [-0.1, -0.05) is 54.1 Å². The maximum Gasteiger partial charge on any atom is 0.220 e. The standard InChI is InChI=1S/C18H20ClNOS/c19-17-9-6-15(7-10-17)8-11-18(21)20-12-13-22-14-16-4-2-1-3-5-16/h1-7,9-10H,8,11-14H2,(H,20,21). The van der Waals surface area contributed by atoms with Crippen molar-refractivity contribution in [3.63, 3.8) is 0 Å². The van der Waals surface area contributed by atoms with Gasteiger partial charge in [0, 0.05) is 29.5 Å². The number of carbonyl (C=O) groups is 1. The lowest BCUT2D eigenvalue weighted by atomic mass is 10.1. The van der Waals surface area contributed by atoms with E-state index in [1.54, 1.807) is 0 Å². The van der Waals surface area contributed by atoms with Crippen LogP contribution in [0.4, 0.5) is 0 Å². The number of halogens is 1. The van der Waals surface area contributed by atoms with Crippen molar-refractivity contribution in [2.75, 3.05) is 12.3 Å². The van der Waals surface area contributed by atoms with E-state index in [9.17, 15) is 4.79 Å². The zero-order valence-electron chi connectivity index (χ0n) is 12.4. The normalized spacial score (nSPS) is 10.4. The molecule has 0 aliphatic rings. The van der Waals surface area contributed by atoms with Gasteiger partial charge in [0.15, 0.2) is 0 Å². The number of nitrogens with one attached hydrogen (secondary N) is 1. The summed E-state index contributed by atoms with van der Waals surface area (Å²) in [4.78, 5) is 11.8. The highest BCUT2D eigenvalue weighted by Gasteiger charge is 2.02. The number of rotatable bonds is 8. The van der Waals surface area contributed by atoms with Gasteiger partial charge in [0.2, 0.25) is 5.91 Å². The maximum atomic E-state index is 11.8. The fourth-order valence-corrected chi connectivity index (χ4v) is 2.97. The van der Waals surface area contributed by atoms with Crippen LogP contribution in [0.2, 0.25) is 5.02 Å². The fraction of sp³-hybridized carbons (Fsp3) is 0.278. The van der Waals surface area contributed by atoms with E-state index in [0.29, 0.717) is 6.42 Å². The second kappa shape index (κ2) is 9.54. The third kappa shape index (κ3) is 6.54. The Balaban J connectivity index is 1.55. The van der Waals surface area contributed by atoms with Crippen LogP contribution in [0.3, 0.4) is 0 Å². The summed E-state index contributed by atoms with van der Waals surface area (Å²) >= 11 is 7.67. The van der Waals surface area contributed by atoms with Crippen molar-refractivity contribution in [2.24, 2.45) is 0 Å². The highest BCUT2D eigenvalue weighted by molar-refractivity contribution is 7.98. The number of thioether (sulfide) groups is 1. The van der Waals surface area contributed by atoms with Crippen LogP contribution in [-0.2, 0) is 17.0 Å². The topological polar surface area (TPSA) is 29.1 Å². The number of benzene rings is 2. The molecular formula is C18H20ClNOS. The Morgan fingerprint density at radius 2 is 1.73 bits per heavy atom. The molecule has 0 bridgehead atoms. The zero-order chi connectivity index (χ0) is 15.6. The van der Waals surface area contributed by atoms with Crippen molar-refractivity contribution in [1.82, 2.24) is 5.32 Å². The molecule has 0 spiro atoms. The number of amides is 1. The summed E-state index contributed by atoms with van der Waals surface area (Å²) in [6, 6.07) is 18.0. The van der Waals surface area contributed by atoms with Gasteiger partial charge < -0.3 is 5.32 Å². The molecule has 0 aliphatic heterocycles. The van der Waals surface area contributed by atoms with Crippen LogP contribution in [0, 0.1) is 0 Å². The van der Waals surface area contributed by atoms with E-state index in [0.717, 1.165) is 35.1 Å². The summed E-state index contributed by atoms with van der Waals surface area (Å²) < 4.78 is 0. The van der Waals surface area contributed by atoms with E-state index in [1.807, 2.05) is 42.1 Å². The Morgan fingerprint density at radius 3 is 2.45 bits per heavy atom. The molecule has 0 unspecified atom stereocenters. The third-order valence-electron chi connectivity index (χ3n) is 3.23. The third-order valence-corrected chi connectivity index (χ3v) is 4.52. The van der Waals surface area contributed by atoms with E-state index in [-0.39, 0.29) is 5.91 Å². The zero-order valence-corrected chi connectivity index (χ0v) is 14.0. The van der Waals surface area contributed by atoms with Gasteiger partial charge in [-0.25, -0.2) is 0 Å². The van der Waals surface area contributed by atoms with Gasteiger partial charge in [-0.05, 0) is 29.7 Å². The molecule has 4 heteroatoms. The molecule has 0 saturated carbocycles. The number of hydrogen-bond donors (Lipinski definition) is 1. The van der Waals surface area contributed by atoms with Gasteiger partial charge in [-0.15, -0.1) is 0 Å². The van der Waals surface area contributed by atoms with Gasteiger partial charge in [-0.2, -0.15) is 11.8 Å². The summed E-state index contributed by atoms with van der Waals surface area (Å²) in [6.07, 6.45) is 1.27. The molecule has 116 valence electrons. The fourth-order valence-electron chi connectivity index (χ4n) is 2.02. The minimum Gasteiger partial charge on any atom is -0.355 e. The Hall–Kier alpha value is -1.45. The Bertz CT molecular complexity index is 571. The SMILES string of the molecule is O=C(CCc1ccc(Cl)cc1)NCCSCc1ccccc1. The minimum atomic E-state index is 0.107. The second-order valence-corrected chi connectivity index (χ2v) is 6.56. The summed E-state index contributed by atoms with van der Waals surface area (Å²) in [5.74, 6) is 2.03. The molecule has 0 fully saturated rings. The summed E-state index contributed by atoms with van der Waals surface area (Å²) in [6.45, 7) is 0.719. The molecule has 2 rings (SSSR count). The molecule has 2 nitrogen and oxygen atoms in total. The Morgan fingerprint density at radius 1 is 1.00 bits per heavy atom. The van der Waals surface area contributed by atoms with Gasteiger partial charge in [-0.3, -0.25) is 4.79 Å². The van der Waals surface area contributed by atoms with E-state index < -0.39 is 0 Å². The minimum absolute atomic E-state index is 0.107. The quantitative estimate of drug-likeness (QED) is 0.729. The van der Waals surface area contributed by atoms with E-state index in [1.165, 1.54) is 5.56 Å². The molecule has 0 aromatic heterocycles. The lowest BCUT2D eigenvalue weighted by Crippen LogP contribution is -2.25. The monoisotopic (exact) mass is 333 g/mol. The number of carbonyl (C=O) groups excluding carboxylic acids is 1. The molecule has 22 heavy (non-hydrogen) atoms. The molecule has 2 aromatic carbocycles. The molecule has 0 heterocycles. The lowest BCUT2D eigenvalue weighted by molar-refractivity contribution is -0.120. The summed E-state index contributed by atoms with van der Waals surface area (Å²) in [5, 5.41) is 3.69. The van der Waals surface area contributed by atoms with Crippen LogP contribution >= 0.6 is 23.4 Å². The first-order valence-electron chi connectivity index (χ1n) is 7.37. The molecule has 1 amide bonds. The van der Waals surface area contributed by atoms with Gasteiger partial charge in [0.1, 0.15) is 0 Å². The predicted molar refractivity (Wildman–Crippen MR) is 95.4 cm³/mol. The highest BCUT2D eigenvalue weighted by atomic mass is 35.5. The average molecular weight is 334 g/mol. The van der Waals surface area contributed by atoms with Crippen molar-refractivity contribution in [1.29, 1.82) is 0 Å². The molecule has 0 saturated heterocycles. The van der Waals surface area contributed by atoms with Crippen LogP contribution < -0.4 is 5.32 Å². The highest BCUT2D eigenvalue weighted by Crippen LogP contribution is 2.12. The first-order valence-corrected chi connectivity index (χ1v) is 8.90. The van der Waals surface area contributed by atoms with Crippen molar-refractivity contribution < 1.29 is 4.79 Å². The summed E-state index contributed by atoms with van der Waals surface area (Å²) in [7, 11) is 0. The smallest absolute Gasteiger partial charge is 0.220 e. The largest absolute Gasteiger partial charge is 0.355 e. The Labute approximate surface area is 141 Å². The molecule has 2 aromatic rings. The van der Waals surface area contributed by atoms with Crippen molar-refractivity contribution in [3.8, 4) is 0 Å². The van der Waals surface area contributed by atoms with Crippen molar-refractivity contribution in [2.45, 2.75) is 18.6 Å². The molecule has 1 N–H and O–H groups in total. The van der Waals surface area contributed by atoms with E-state index in [2.05, 4.69) is 29.6 Å². The van der Waals surface area contributed by atoms with E-state index >= 15 is 0 Å². The average Bonchev–Trinajstić information content (AvgIpc) is 2.55. The first-order chi connectivity index (χ1) is 10.7. The second-order valence-electron chi connectivity index (χ2n) is 5.01. The van der Waals surface area contributed by atoms with Crippen molar-refractivity contribution in [3.05, 3.63) is 70.7 Å². The molecule has 0 atom stereocenters. The lowest BCUT2D eigenvalue weighted by Gasteiger charge is -2.06. The van der Waals surface area contributed by atoms with Crippen LogP contribution in [0.15, 0.2) is 54.6 Å². The predicted octanol–water partition coefficient (Wildman–Crippen LogP) is 4.32. The van der Waals surface area contributed by atoms with Gasteiger partial charge in [0.05, 0.1) is 0 Å². The molecule has 0 radical (unpaired) electrons. The first kappa shape index (κ1) is 16.9. The number of aryl methyl sites for hydroxylation is 1. The van der Waals surface area contributed by atoms with Crippen LogP contribution in [-0.4, -0.2) is 18.2 Å². The van der Waals surface area contributed by atoms with Crippen LogP contribution in [0.1, 0.15) is 17.5 Å². The Kier molecular flexibility index (Phi) is 7.34. The maximum absolute atomic E-state index is 11.8. The number of hydrogen-bond acceptors (Lipinski definition) is 2. The van der Waals surface area contributed by atoms with Gasteiger partial charge >= 0.3 is 0 Å². The van der Waals surface area contributed by atoms with Gasteiger partial charge in [0.25, 0.3) is 0 Å². The van der Waals surface area contributed by atoms with E-state index in [4.69, 9.17) is 11.6 Å². The van der Waals surface area contributed by atoms with Crippen LogP contribution in [0.25, 0.3) is 0 Å². The molecule has 0 aliphatic carbocycles. The van der Waals surface area contributed by atoms with Crippen LogP contribution in [0.5, 0.6) is 0 Å². The summed E-state index contributed by atoms with van der Waals surface area (Å²) in [5.41, 5.74) is 2.46. The van der Waals surface area contributed by atoms with Crippen molar-refractivity contribution >= 4 is 29.3 Å². The molecular weight excluding hydrogens is 314 g/mol.